The van der Waals surface area contributed by atoms with Gasteiger partial charge in [0.25, 0.3) is 6.71 Å². The summed E-state index contributed by atoms with van der Waals surface area (Å²) in [5.41, 5.74) is 12.6. The van der Waals surface area contributed by atoms with Crippen molar-refractivity contribution in [2.75, 3.05) is 36.2 Å². The topological polar surface area (TPSA) is 43.4 Å². The standard InChI is InChI=1S/C51H51BN2O4S2/c1-29(2)30-23-37-47-38(24-30)54(34-14-16-40-42(28-34)58-22-10-20-56-40)49-46(36-26-32(51(6,7)8)12-18-44(36)60-49)52(47)45-35-25-31(50(3,4)5)11-17-43(35)59-48(45)53(37)33-13-15-39-41(27-33)57-21-9-19-55-39/h11-18,23-29H,9-10,19-22H2,1-8H3. The Kier molecular flexibility index (Phi) is 8.64. The smallest absolute Gasteiger partial charge is 0.256 e. The first-order valence-electron chi connectivity index (χ1n) is 21.5. The van der Waals surface area contributed by atoms with Crippen LogP contribution in [0.1, 0.15) is 90.8 Å². The number of ether oxygens (including phenoxy) is 4. The molecule has 0 bridgehead atoms. The Morgan fingerprint density at radius 3 is 1.37 bits per heavy atom. The van der Waals surface area contributed by atoms with Gasteiger partial charge in [-0.2, -0.15) is 0 Å². The third-order valence-electron chi connectivity index (χ3n) is 12.7. The van der Waals surface area contributed by atoms with E-state index in [0.29, 0.717) is 26.4 Å². The Bertz CT molecular complexity index is 2690. The van der Waals surface area contributed by atoms with Crippen molar-refractivity contribution in [2.24, 2.45) is 0 Å². The normalized spacial score (nSPS) is 15.8. The van der Waals surface area contributed by atoms with E-state index >= 15 is 0 Å². The molecule has 0 atom stereocenters. The monoisotopic (exact) mass is 830 g/mol. The van der Waals surface area contributed by atoms with Crippen LogP contribution in [-0.2, 0) is 10.8 Å². The molecule has 6 heterocycles. The van der Waals surface area contributed by atoms with Crippen LogP contribution in [-0.4, -0.2) is 33.1 Å². The second-order valence-electron chi connectivity index (χ2n) is 19.2. The Hall–Kier alpha value is -5.12. The fourth-order valence-electron chi connectivity index (χ4n) is 9.42. The van der Waals surface area contributed by atoms with E-state index in [9.17, 15) is 0 Å². The van der Waals surface area contributed by atoms with Crippen molar-refractivity contribution in [1.82, 2.24) is 0 Å². The molecule has 0 amide bonds. The molecule has 6 nitrogen and oxygen atoms in total. The van der Waals surface area contributed by atoms with Crippen LogP contribution in [0.15, 0.2) is 84.9 Å². The van der Waals surface area contributed by atoms with Crippen LogP contribution in [0.5, 0.6) is 23.0 Å². The minimum absolute atomic E-state index is 0.0107. The molecule has 9 heteroatoms. The predicted molar refractivity (Wildman–Crippen MR) is 254 cm³/mol. The van der Waals surface area contributed by atoms with Gasteiger partial charge in [0.2, 0.25) is 0 Å². The van der Waals surface area contributed by atoms with Gasteiger partial charge in [0.15, 0.2) is 23.0 Å². The van der Waals surface area contributed by atoms with Crippen molar-refractivity contribution >= 4 is 98.7 Å². The molecule has 0 N–H and O–H groups in total. The van der Waals surface area contributed by atoms with Crippen molar-refractivity contribution in [3.8, 4) is 23.0 Å². The van der Waals surface area contributed by atoms with Gasteiger partial charge < -0.3 is 28.7 Å². The van der Waals surface area contributed by atoms with Gasteiger partial charge in [-0.3, -0.25) is 0 Å². The summed E-state index contributed by atoms with van der Waals surface area (Å²) in [5.74, 6) is 3.50. The number of benzene rings is 5. The van der Waals surface area contributed by atoms with Gasteiger partial charge >= 0.3 is 0 Å². The number of fused-ring (bicyclic) bond motifs is 10. The summed E-state index contributed by atoms with van der Waals surface area (Å²) in [7, 11) is 0. The van der Waals surface area contributed by atoms with Crippen molar-refractivity contribution in [3.63, 3.8) is 0 Å². The third-order valence-corrected chi connectivity index (χ3v) is 15.0. The highest BCUT2D eigenvalue weighted by Crippen LogP contribution is 2.53. The number of nitrogens with zero attached hydrogens (tertiary/aromatic N) is 2. The lowest BCUT2D eigenvalue weighted by atomic mass is 9.33. The van der Waals surface area contributed by atoms with E-state index in [1.165, 1.54) is 74.6 Å². The first-order valence-corrected chi connectivity index (χ1v) is 23.2. The van der Waals surface area contributed by atoms with E-state index < -0.39 is 0 Å². The number of rotatable bonds is 3. The predicted octanol–water partition coefficient (Wildman–Crippen LogP) is 12.2. The number of hydrogen-bond acceptors (Lipinski definition) is 8. The minimum Gasteiger partial charge on any atom is -0.490 e. The summed E-state index contributed by atoms with van der Waals surface area (Å²) in [5, 5.41) is 5.18. The van der Waals surface area contributed by atoms with E-state index in [0.717, 1.165) is 47.2 Å². The van der Waals surface area contributed by atoms with Crippen LogP contribution in [0.4, 0.5) is 32.8 Å². The summed E-state index contributed by atoms with van der Waals surface area (Å²) in [6, 6.07) is 32.4. The number of hydrogen-bond donors (Lipinski definition) is 0. The van der Waals surface area contributed by atoms with Crippen LogP contribution in [0.25, 0.3) is 20.2 Å². The molecule has 4 aliphatic rings. The molecule has 4 aliphatic heterocycles. The quantitative estimate of drug-likeness (QED) is 0.165. The van der Waals surface area contributed by atoms with Gasteiger partial charge in [0.05, 0.1) is 47.8 Å². The van der Waals surface area contributed by atoms with E-state index in [4.69, 9.17) is 18.9 Å². The zero-order valence-corrected chi connectivity index (χ0v) is 37.5. The lowest BCUT2D eigenvalue weighted by molar-refractivity contribution is 0.296. The van der Waals surface area contributed by atoms with E-state index in [2.05, 4.69) is 150 Å². The molecule has 0 radical (unpaired) electrons. The van der Waals surface area contributed by atoms with E-state index in [1.54, 1.807) is 0 Å². The summed E-state index contributed by atoms with van der Waals surface area (Å²) in [6.45, 7) is 21.1. The molecule has 0 saturated heterocycles. The fourth-order valence-corrected chi connectivity index (χ4v) is 11.9. The summed E-state index contributed by atoms with van der Waals surface area (Å²) in [6.07, 6.45) is 1.72. The van der Waals surface area contributed by atoms with Crippen molar-refractivity contribution in [3.05, 3.63) is 102 Å². The summed E-state index contributed by atoms with van der Waals surface area (Å²) in [4.78, 5) is 5.08. The van der Waals surface area contributed by atoms with Crippen molar-refractivity contribution < 1.29 is 18.9 Å². The first-order chi connectivity index (χ1) is 28.8. The van der Waals surface area contributed by atoms with Gasteiger partial charge in [-0.25, -0.2) is 0 Å². The van der Waals surface area contributed by atoms with E-state index in [1.807, 2.05) is 22.7 Å². The Labute approximate surface area is 361 Å². The Balaban J connectivity index is 1.28. The second-order valence-corrected chi connectivity index (χ2v) is 21.2. The highest BCUT2D eigenvalue weighted by atomic mass is 32.1. The van der Waals surface area contributed by atoms with Gasteiger partial charge in [0.1, 0.15) is 0 Å². The lowest BCUT2D eigenvalue weighted by Crippen LogP contribution is -2.60. The average molecular weight is 831 g/mol. The highest BCUT2D eigenvalue weighted by molar-refractivity contribution is 7.29. The molecular formula is C51H51BN2O4S2. The van der Waals surface area contributed by atoms with Crippen molar-refractivity contribution in [1.29, 1.82) is 0 Å². The third kappa shape index (κ3) is 5.93. The number of thiophene rings is 2. The van der Waals surface area contributed by atoms with Crippen LogP contribution in [0.2, 0.25) is 0 Å². The Morgan fingerprint density at radius 2 is 0.950 bits per heavy atom. The zero-order chi connectivity index (χ0) is 41.2. The summed E-state index contributed by atoms with van der Waals surface area (Å²) >= 11 is 3.82. The van der Waals surface area contributed by atoms with Crippen LogP contribution in [0, 0.1) is 0 Å². The Morgan fingerprint density at radius 1 is 0.517 bits per heavy atom. The summed E-state index contributed by atoms with van der Waals surface area (Å²) < 4.78 is 27.7. The molecule has 60 heavy (non-hydrogen) atoms. The van der Waals surface area contributed by atoms with Gasteiger partial charge in [0, 0.05) is 45.7 Å². The van der Waals surface area contributed by atoms with Crippen LogP contribution < -0.4 is 45.1 Å². The molecule has 5 aromatic carbocycles. The molecule has 2 aromatic heterocycles. The zero-order valence-electron chi connectivity index (χ0n) is 35.8. The average Bonchev–Trinajstić information content (AvgIpc) is 3.56. The molecule has 0 fully saturated rings. The molecule has 0 saturated carbocycles. The van der Waals surface area contributed by atoms with Gasteiger partial charge in [-0.15, -0.1) is 22.7 Å². The molecule has 0 aliphatic carbocycles. The molecule has 0 spiro atoms. The first kappa shape index (κ1) is 37.9. The highest BCUT2D eigenvalue weighted by Gasteiger charge is 2.47. The van der Waals surface area contributed by atoms with Crippen molar-refractivity contribution in [2.45, 2.75) is 85.0 Å². The molecular weight excluding hydrogens is 780 g/mol. The molecule has 11 rings (SSSR count). The largest absolute Gasteiger partial charge is 0.490 e. The van der Waals surface area contributed by atoms with Crippen LogP contribution in [0.3, 0.4) is 0 Å². The maximum Gasteiger partial charge on any atom is 0.256 e. The van der Waals surface area contributed by atoms with Crippen LogP contribution >= 0.6 is 22.7 Å². The lowest BCUT2D eigenvalue weighted by Gasteiger charge is -2.42. The molecule has 304 valence electrons. The minimum atomic E-state index is -0.0116. The maximum atomic E-state index is 6.38. The fraction of sp³-hybridized carbons (Fsp3) is 0.333. The second kappa shape index (κ2) is 13.7. The van der Waals surface area contributed by atoms with Gasteiger partial charge in [-0.05, 0) is 109 Å². The van der Waals surface area contributed by atoms with E-state index in [-0.39, 0.29) is 23.5 Å². The maximum absolute atomic E-state index is 6.38. The SMILES string of the molecule is CC(C)c1cc2c3c(c1)N(c1ccc4c(c1)OCCCO4)c1sc4ccc(C(C)(C)C)cc4c1B3c1c(sc3ccc(C(C)(C)C)cc13)N2c1ccc2c(c1)OCCCO2. The van der Waals surface area contributed by atoms with Gasteiger partial charge in [-0.1, -0.05) is 79.7 Å². The molecule has 7 aromatic rings. The number of anilines is 6. The molecule has 0 unspecified atom stereocenters.